The number of rotatable bonds is 7. The minimum Gasteiger partial charge on any atom is -0.482 e. The van der Waals surface area contributed by atoms with Gasteiger partial charge in [-0.25, -0.2) is 9.48 Å². The van der Waals surface area contributed by atoms with Gasteiger partial charge in [-0.3, -0.25) is 4.79 Å². The SMILES string of the molecule is Cc1cc(OCC(=O)O)ccc1NC(=O)Cc1c(C)nn(C(F)F)c1C. The first-order valence-corrected chi connectivity index (χ1v) is 7.77. The van der Waals surface area contributed by atoms with Crippen LogP contribution in [0.5, 0.6) is 5.75 Å². The molecule has 1 amide bonds. The summed E-state index contributed by atoms with van der Waals surface area (Å²) in [6, 6.07) is 4.73. The fourth-order valence-corrected chi connectivity index (χ4v) is 2.51. The number of anilines is 1. The van der Waals surface area contributed by atoms with Crippen molar-refractivity contribution in [3.05, 3.63) is 40.7 Å². The van der Waals surface area contributed by atoms with Crippen molar-refractivity contribution in [2.75, 3.05) is 11.9 Å². The van der Waals surface area contributed by atoms with Crippen molar-refractivity contribution >= 4 is 17.6 Å². The Morgan fingerprint density at radius 2 is 2.00 bits per heavy atom. The molecule has 1 heterocycles. The third-order valence-corrected chi connectivity index (χ3v) is 3.83. The lowest BCUT2D eigenvalue weighted by Crippen LogP contribution is -2.16. The molecule has 2 rings (SSSR count). The number of benzene rings is 1. The minimum absolute atomic E-state index is 0.0822. The maximum atomic E-state index is 12.9. The molecule has 1 aromatic heterocycles. The van der Waals surface area contributed by atoms with Gasteiger partial charge in [0.15, 0.2) is 6.61 Å². The lowest BCUT2D eigenvalue weighted by atomic mass is 10.1. The highest BCUT2D eigenvalue weighted by Crippen LogP contribution is 2.23. The van der Waals surface area contributed by atoms with E-state index < -0.39 is 19.1 Å². The molecule has 0 fully saturated rings. The van der Waals surface area contributed by atoms with Crippen molar-refractivity contribution in [2.45, 2.75) is 33.7 Å². The minimum atomic E-state index is -2.76. The second-order valence-electron chi connectivity index (χ2n) is 5.76. The molecule has 0 saturated heterocycles. The van der Waals surface area contributed by atoms with Gasteiger partial charge < -0.3 is 15.2 Å². The number of aromatic nitrogens is 2. The summed E-state index contributed by atoms with van der Waals surface area (Å²) in [5, 5.41) is 15.1. The highest BCUT2D eigenvalue weighted by atomic mass is 19.3. The maximum Gasteiger partial charge on any atom is 0.341 e. The molecule has 0 atom stereocenters. The molecule has 0 bridgehead atoms. The monoisotopic (exact) mass is 367 g/mol. The topological polar surface area (TPSA) is 93.4 Å². The molecule has 0 aliphatic rings. The Labute approximate surface area is 148 Å². The van der Waals surface area contributed by atoms with Crippen molar-refractivity contribution in [1.29, 1.82) is 0 Å². The van der Waals surface area contributed by atoms with E-state index in [9.17, 15) is 18.4 Å². The Bertz CT molecular complexity index is 834. The van der Waals surface area contributed by atoms with E-state index in [0.717, 1.165) is 0 Å². The zero-order chi connectivity index (χ0) is 19.4. The Morgan fingerprint density at radius 1 is 1.31 bits per heavy atom. The van der Waals surface area contributed by atoms with Crippen molar-refractivity contribution in [2.24, 2.45) is 0 Å². The standard InChI is InChI=1S/C17H19F2N3O4/c1-9-6-12(26-8-16(24)25)4-5-14(9)20-15(23)7-13-10(2)21-22(11(13)3)17(18)19/h4-6,17H,7-8H2,1-3H3,(H,20,23)(H,24,25). The fraction of sp³-hybridized carbons (Fsp3) is 0.353. The predicted molar refractivity (Wildman–Crippen MR) is 89.6 cm³/mol. The summed E-state index contributed by atoms with van der Waals surface area (Å²) in [5.74, 6) is -1.09. The molecule has 9 heteroatoms. The van der Waals surface area contributed by atoms with Gasteiger partial charge in [0.2, 0.25) is 5.91 Å². The van der Waals surface area contributed by atoms with E-state index in [0.29, 0.717) is 32.9 Å². The number of hydrogen-bond acceptors (Lipinski definition) is 4. The number of carboxylic acid groups (broad SMARTS) is 1. The van der Waals surface area contributed by atoms with E-state index in [4.69, 9.17) is 9.84 Å². The summed E-state index contributed by atoms with van der Waals surface area (Å²) >= 11 is 0. The average Bonchev–Trinajstić information content (AvgIpc) is 2.83. The average molecular weight is 367 g/mol. The number of nitrogens with one attached hydrogen (secondary N) is 1. The summed E-state index contributed by atoms with van der Waals surface area (Å²) < 4.78 is 31.4. The second-order valence-corrected chi connectivity index (χ2v) is 5.76. The smallest absolute Gasteiger partial charge is 0.341 e. The molecule has 0 aliphatic carbocycles. The van der Waals surface area contributed by atoms with Gasteiger partial charge in [0.1, 0.15) is 5.75 Å². The molecular weight excluding hydrogens is 348 g/mol. The lowest BCUT2D eigenvalue weighted by molar-refractivity contribution is -0.139. The number of hydrogen-bond donors (Lipinski definition) is 2. The normalized spacial score (nSPS) is 10.8. The molecule has 0 radical (unpaired) electrons. The van der Waals surface area contributed by atoms with E-state index in [-0.39, 0.29) is 18.0 Å². The third-order valence-electron chi connectivity index (χ3n) is 3.83. The van der Waals surface area contributed by atoms with Gasteiger partial charge in [0, 0.05) is 16.9 Å². The van der Waals surface area contributed by atoms with Crippen LogP contribution in [-0.4, -0.2) is 33.4 Å². The molecule has 2 aromatic rings. The molecule has 0 saturated carbocycles. The van der Waals surface area contributed by atoms with Crippen molar-refractivity contribution in [3.8, 4) is 5.75 Å². The first-order valence-electron chi connectivity index (χ1n) is 7.77. The molecule has 2 N–H and O–H groups in total. The Balaban J connectivity index is 2.07. The van der Waals surface area contributed by atoms with Crippen LogP contribution in [0.25, 0.3) is 0 Å². The van der Waals surface area contributed by atoms with Crippen LogP contribution in [0.3, 0.4) is 0 Å². The van der Waals surface area contributed by atoms with Crippen LogP contribution < -0.4 is 10.1 Å². The first-order chi connectivity index (χ1) is 12.2. The summed E-state index contributed by atoms with van der Waals surface area (Å²) in [7, 11) is 0. The largest absolute Gasteiger partial charge is 0.482 e. The van der Waals surface area contributed by atoms with E-state index in [1.807, 2.05) is 0 Å². The summed E-state index contributed by atoms with van der Waals surface area (Å²) in [6.45, 7) is 1.58. The number of carbonyl (C=O) groups is 2. The maximum absolute atomic E-state index is 12.9. The van der Waals surface area contributed by atoms with Crippen LogP contribution in [-0.2, 0) is 16.0 Å². The Kier molecular flexibility index (Phi) is 5.91. The lowest BCUT2D eigenvalue weighted by Gasteiger charge is -2.11. The van der Waals surface area contributed by atoms with Crippen LogP contribution in [0.15, 0.2) is 18.2 Å². The quantitative estimate of drug-likeness (QED) is 0.785. The van der Waals surface area contributed by atoms with Crippen LogP contribution in [0, 0.1) is 20.8 Å². The summed E-state index contributed by atoms with van der Waals surface area (Å²) in [6.07, 6.45) is -0.0822. The van der Waals surface area contributed by atoms with E-state index in [2.05, 4.69) is 10.4 Å². The molecule has 7 nitrogen and oxygen atoms in total. The zero-order valence-electron chi connectivity index (χ0n) is 14.5. The second kappa shape index (κ2) is 7.94. The third kappa shape index (κ3) is 4.56. The van der Waals surface area contributed by atoms with E-state index in [1.54, 1.807) is 26.0 Å². The van der Waals surface area contributed by atoms with Crippen molar-refractivity contribution in [3.63, 3.8) is 0 Å². The zero-order valence-corrected chi connectivity index (χ0v) is 14.5. The molecule has 0 unspecified atom stereocenters. The van der Waals surface area contributed by atoms with Crippen LogP contribution in [0.1, 0.15) is 29.1 Å². The van der Waals surface area contributed by atoms with Gasteiger partial charge in [0.05, 0.1) is 12.1 Å². The first kappa shape index (κ1) is 19.4. The Hall–Kier alpha value is -2.97. The van der Waals surface area contributed by atoms with Gasteiger partial charge in [-0.1, -0.05) is 0 Å². The number of ether oxygens (including phenoxy) is 1. The molecule has 0 spiro atoms. The molecule has 1 aromatic carbocycles. The van der Waals surface area contributed by atoms with Crippen molar-refractivity contribution in [1.82, 2.24) is 9.78 Å². The molecule has 26 heavy (non-hydrogen) atoms. The fourth-order valence-electron chi connectivity index (χ4n) is 2.51. The van der Waals surface area contributed by atoms with Gasteiger partial charge in [-0.15, -0.1) is 0 Å². The number of aliphatic carboxylic acids is 1. The highest BCUT2D eigenvalue weighted by Gasteiger charge is 2.19. The van der Waals surface area contributed by atoms with Crippen LogP contribution in [0.2, 0.25) is 0 Å². The predicted octanol–water partition coefficient (Wildman–Crippen LogP) is 2.85. The van der Waals surface area contributed by atoms with E-state index >= 15 is 0 Å². The van der Waals surface area contributed by atoms with Gasteiger partial charge >= 0.3 is 12.5 Å². The number of aryl methyl sites for hydroxylation is 2. The number of alkyl halides is 2. The number of amides is 1. The van der Waals surface area contributed by atoms with Gasteiger partial charge in [0.25, 0.3) is 0 Å². The number of nitrogens with zero attached hydrogens (tertiary/aromatic N) is 2. The van der Waals surface area contributed by atoms with Crippen LogP contribution in [0.4, 0.5) is 14.5 Å². The number of halogens is 2. The van der Waals surface area contributed by atoms with Crippen molar-refractivity contribution < 1.29 is 28.2 Å². The molecular formula is C17H19F2N3O4. The van der Waals surface area contributed by atoms with E-state index in [1.165, 1.54) is 13.0 Å². The number of carbonyl (C=O) groups excluding carboxylic acids is 1. The summed E-state index contributed by atoms with van der Waals surface area (Å²) in [5.41, 5.74) is 2.29. The molecule has 0 aliphatic heterocycles. The highest BCUT2D eigenvalue weighted by molar-refractivity contribution is 5.93. The Morgan fingerprint density at radius 3 is 2.54 bits per heavy atom. The van der Waals surface area contributed by atoms with Crippen LogP contribution >= 0.6 is 0 Å². The number of carboxylic acids is 1. The summed E-state index contributed by atoms with van der Waals surface area (Å²) in [4.78, 5) is 22.8. The van der Waals surface area contributed by atoms with Gasteiger partial charge in [-0.2, -0.15) is 13.9 Å². The van der Waals surface area contributed by atoms with Gasteiger partial charge in [-0.05, 0) is 44.5 Å². The molecule has 140 valence electrons.